The first kappa shape index (κ1) is 47.9. The summed E-state index contributed by atoms with van der Waals surface area (Å²) in [4.78, 5) is 24.8. The number of allylic oxidation sites excluding steroid dienone is 1. The van der Waals surface area contributed by atoms with Gasteiger partial charge in [0.2, 0.25) is 5.75 Å². The van der Waals surface area contributed by atoms with Gasteiger partial charge in [-0.05, 0) is 181 Å². The zero-order valence-corrected chi connectivity index (χ0v) is 40.8. The molecular formula is C59H66N4O8. The van der Waals surface area contributed by atoms with E-state index >= 15 is 4.79 Å². The van der Waals surface area contributed by atoms with Crippen LogP contribution in [0.15, 0.2) is 109 Å². The van der Waals surface area contributed by atoms with Crippen LogP contribution in [0.3, 0.4) is 0 Å². The van der Waals surface area contributed by atoms with E-state index in [1.54, 1.807) is 36.4 Å². The first-order chi connectivity index (χ1) is 34.4. The van der Waals surface area contributed by atoms with Gasteiger partial charge >= 0.3 is 0 Å². The molecule has 8 atom stereocenters. The quantitative estimate of drug-likeness (QED) is 0.0406. The van der Waals surface area contributed by atoms with Gasteiger partial charge in [0.05, 0.1) is 25.7 Å². The van der Waals surface area contributed by atoms with Gasteiger partial charge in [-0.1, -0.05) is 49.8 Å². The van der Waals surface area contributed by atoms with Gasteiger partial charge in [-0.15, -0.1) is 0 Å². The first-order valence-electron chi connectivity index (χ1n) is 25.3. The normalized spacial score (nSPS) is 25.3. The highest BCUT2D eigenvalue weighted by Crippen LogP contribution is 2.57. The van der Waals surface area contributed by atoms with Crippen molar-refractivity contribution in [2.45, 2.75) is 94.0 Å². The summed E-state index contributed by atoms with van der Waals surface area (Å²) in [5.41, 5.74) is 4.50. The van der Waals surface area contributed by atoms with Crippen LogP contribution in [0.5, 0.6) is 34.5 Å². The first-order valence-corrected chi connectivity index (χ1v) is 25.3. The number of nitrogens with zero attached hydrogens (tertiary/aromatic N) is 1. The molecule has 1 spiro atoms. The topological polar surface area (TPSA) is 189 Å². The molecule has 10 rings (SSSR count). The van der Waals surface area contributed by atoms with Crippen LogP contribution in [0.25, 0.3) is 16.8 Å². The fraction of sp³-hybridized carbons (Fsp3) is 0.390. The number of aryl methyl sites for hydroxylation is 1. The Bertz CT molecular complexity index is 2990. The fourth-order valence-corrected chi connectivity index (χ4v) is 13.1. The van der Waals surface area contributed by atoms with E-state index in [2.05, 4.69) is 59.0 Å². The summed E-state index contributed by atoms with van der Waals surface area (Å²) in [5, 5.41) is 66.7. The van der Waals surface area contributed by atoms with E-state index < -0.39 is 28.8 Å². The van der Waals surface area contributed by atoms with Crippen molar-refractivity contribution >= 4 is 34.1 Å². The van der Waals surface area contributed by atoms with Crippen LogP contribution in [-0.4, -0.2) is 74.7 Å². The molecule has 1 saturated carbocycles. The Morgan fingerprint density at radius 3 is 2.66 bits per heavy atom. The molecule has 1 aliphatic heterocycles. The number of aromatic amines is 1. The number of pyridine rings is 1. The molecule has 3 aliphatic carbocycles. The van der Waals surface area contributed by atoms with Crippen LogP contribution in [-0.2, 0) is 28.5 Å². The number of benzene rings is 4. The number of phenols is 4. The number of aliphatic hydroxyl groups excluding tert-OH is 1. The minimum Gasteiger partial charge on any atom is -0.508 e. The lowest BCUT2D eigenvalue weighted by atomic mass is 9.58. The largest absolute Gasteiger partial charge is 0.508 e. The van der Waals surface area contributed by atoms with E-state index in [0.29, 0.717) is 61.9 Å². The molecule has 1 fully saturated rings. The maximum atomic E-state index is 16.4. The lowest BCUT2D eigenvalue weighted by Gasteiger charge is -2.45. The third-order valence-corrected chi connectivity index (χ3v) is 16.2. The fourth-order valence-electron chi connectivity index (χ4n) is 13.1. The molecule has 4 aromatic carbocycles. The van der Waals surface area contributed by atoms with E-state index in [-0.39, 0.29) is 59.2 Å². The van der Waals surface area contributed by atoms with Gasteiger partial charge in [-0.3, -0.25) is 4.79 Å². The van der Waals surface area contributed by atoms with Crippen LogP contribution in [0.2, 0.25) is 0 Å². The Kier molecular flexibility index (Phi) is 13.4. The van der Waals surface area contributed by atoms with Crippen molar-refractivity contribution in [3.8, 4) is 34.5 Å². The number of aliphatic hydroxyl groups is 1. The number of H-pyrrole nitrogens is 1. The van der Waals surface area contributed by atoms with E-state index in [1.807, 2.05) is 49.8 Å². The third-order valence-electron chi connectivity index (χ3n) is 16.2. The number of phenolic OH excluding ortho intramolecular Hbond substituents is 4. The number of methoxy groups -OCH3 is 1. The van der Waals surface area contributed by atoms with Crippen molar-refractivity contribution in [2.24, 2.45) is 23.7 Å². The monoisotopic (exact) mass is 958 g/mol. The molecule has 370 valence electrons. The number of rotatable bonds is 13. The van der Waals surface area contributed by atoms with Gasteiger partial charge in [-0.2, -0.15) is 0 Å². The minimum atomic E-state index is -1.10. The number of ether oxygens (including phenoxy) is 2. The molecule has 8 unspecified atom stereocenters. The summed E-state index contributed by atoms with van der Waals surface area (Å²) in [6.45, 7) is 2.98. The molecule has 12 nitrogen and oxygen atoms in total. The van der Waals surface area contributed by atoms with Gasteiger partial charge < -0.3 is 50.6 Å². The molecular weight excluding hydrogens is 893 g/mol. The second-order valence-electron chi connectivity index (χ2n) is 20.8. The highest BCUT2D eigenvalue weighted by Gasteiger charge is 2.55. The van der Waals surface area contributed by atoms with Crippen molar-refractivity contribution in [3.63, 3.8) is 0 Å². The molecule has 4 aliphatic rings. The predicted molar refractivity (Wildman–Crippen MR) is 277 cm³/mol. The summed E-state index contributed by atoms with van der Waals surface area (Å²) in [7, 11) is 3.42. The third kappa shape index (κ3) is 9.24. The number of Topliss-reactive ketones (excluding diaryl/α,β-unsaturated/α-hetero) is 1. The van der Waals surface area contributed by atoms with E-state index in [9.17, 15) is 25.5 Å². The standard InChI is InChI=1S/C59H66N4O8/c1-35-7-4-8-37(23-35)33-71-52-29-40(27-50(68)57(52)69)41-28-49(67)56(48(66)16-12-36-11-15-47(65)51(24-36)70-3)59(19-5-9-42(59)30-44-10-6-21-61-44)43-18-22-62-53(31-43)63-46-14-13-38-25-45(64)26-39-17-20-58(32-41,34-60-2)55(46)54(38)39/h4,6,8,10-11,13-15,17-18,20-22,24-27,29,31,35,37,41-42,48,56,60-61,64-66,68-69H,5,7,9,12,16,19,23,28,30,32-34H2,1-3H3,(H,62,63). The maximum Gasteiger partial charge on any atom is 0.200 e. The van der Waals surface area contributed by atoms with Crippen molar-refractivity contribution in [1.29, 1.82) is 0 Å². The average molecular weight is 959 g/mol. The molecule has 0 amide bonds. The summed E-state index contributed by atoms with van der Waals surface area (Å²) in [5.74, 6) is -0.412. The van der Waals surface area contributed by atoms with Crippen LogP contribution in [0, 0.1) is 23.7 Å². The van der Waals surface area contributed by atoms with Gasteiger partial charge in [0.1, 0.15) is 17.4 Å². The van der Waals surface area contributed by atoms with Crippen LogP contribution in [0.4, 0.5) is 11.5 Å². The molecule has 12 heteroatoms. The predicted octanol–water partition coefficient (Wildman–Crippen LogP) is 10.6. The lowest BCUT2D eigenvalue weighted by molar-refractivity contribution is -0.132. The summed E-state index contributed by atoms with van der Waals surface area (Å²) in [6.07, 6.45) is 17.2. The van der Waals surface area contributed by atoms with Gasteiger partial charge in [-0.25, -0.2) is 4.98 Å². The molecule has 2 bridgehead atoms. The number of carbonyl (C=O) groups excluding carboxylic acids is 1. The molecule has 0 saturated heterocycles. The minimum absolute atomic E-state index is 0.00329. The Morgan fingerprint density at radius 2 is 1.86 bits per heavy atom. The summed E-state index contributed by atoms with van der Waals surface area (Å²) in [6, 6.07) is 24.4. The number of ketones is 1. The Hall–Kier alpha value is -6.76. The Balaban J connectivity index is 1.17. The van der Waals surface area contributed by atoms with Crippen molar-refractivity contribution in [3.05, 3.63) is 143 Å². The number of nitrogens with one attached hydrogen (secondary N) is 3. The number of likely N-dealkylation sites (N-methyl/N-ethyl adjacent to an activating group) is 1. The highest BCUT2D eigenvalue weighted by molar-refractivity contribution is 6.01. The van der Waals surface area contributed by atoms with Gasteiger partial charge in [0.15, 0.2) is 23.0 Å². The number of anilines is 2. The average Bonchev–Trinajstić information content (AvgIpc) is 4.04. The van der Waals surface area contributed by atoms with Crippen molar-refractivity contribution < 1.29 is 39.8 Å². The number of carbonyl (C=O) groups is 1. The van der Waals surface area contributed by atoms with Crippen molar-refractivity contribution in [2.75, 3.05) is 32.6 Å². The SMILES string of the molecule is CNCC12C=Cc3cc(O)cc4ccc(c1c34)Nc1cc(ccn1)C1(CCCC1Cc1ccc[nH]1)C(C(O)CCc1ccc(O)c(OC)c1)C(=O)CC(c1cc(O)c(O)c(OCC3C=CCC(C)C3)c1)C2. The number of hydrogen-bond donors (Lipinski definition) is 8. The molecule has 71 heavy (non-hydrogen) atoms. The number of hydrogen-bond acceptors (Lipinski definition) is 11. The van der Waals surface area contributed by atoms with Gasteiger partial charge in [0.25, 0.3) is 0 Å². The molecule has 0 radical (unpaired) electrons. The second kappa shape index (κ2) is 19.8. The van der Waals surface area contributed by atoms with E-state index in [4.69, 9.17) is 14.5 Å². The molecule has 8 N–H and O–H groups in total. The lowest BCUT2D eigenvalue weighted by Crippen LogP contribution is -2.50. The second-order valence-corrected chi connectivity index (χ2v) is 20.8. The number of aromatic nitrogens is 2. The Morgan fingerprint density at radius 1 is 0.986 bits per heavy atom. The molecule has 2 aromatic heterocycles. The maximum absolute atomic E-state index is 16.4. The highest BCUT2D eigenvalue weighted by atomic mass is 16.5. The number of fused-ring (bicyclic) bond motifs is 3. The summed E-state index contributed by atoms with van der Waals surface area (Å²) >= 11 is 0. The van der Waals surface area contributed by atoms with Crippen LogP contribution >= 0.6 is 0 Å². The number of aromatic hydroxyl groups is 4. The van der Waals surface area contributed by atoms with Crippen LogP contribution < -0.4 is 20.1 Å². The molecule has 3 heterocycles. The summed E-state index contributed by atoms with van der Waals surface area (Å²) < 4.78 is 11.9. The van der Waals surface area contributed by atoms with Crippen molar-refractivity contribution in [1.82, 2.24) is 15.3 Å². The Labute approximate surface area is 415 Å². The van der Waals surface area contributed by atoms with E-state index in [1.165, 1.54) is 7.11 Å². The zero-order valence-electron chi connectivity index (χ0n) is 40.8. The molecule has 6 aromatic rings. The van der Waals surface area contributed by atoms with Gasteiger partial charge in [0, 0.05) is 53.5 Å². The zero-order chi connectivity index (χ0) is 49.4. The van der Waals surface area contributed by atoms with E-state index in [0.717, 1.165) is 70.1 Å². The smallest absolute Gasteiger partial charge is 0.200 e. The van der Waals surface area contributed by atoms with Crippen LogP contribution in [0.1, 0.15) is 97.7 Å².